The number of aromatic hydroxyl groups is 1. The van der Waals surface area contributed by atoms with Crippen molar-refractivity contribution in [1.82, 2.24) is 0 Å². The zero-order chi connectivity index (χ0) is 20.4. The largest absolute Gasteiger partial charge is 0.507 e. The molecule has 0 aliphatic heterocycles. The third kappa shape index (κ3) is 13.2. The van der Waals surface area contributed by atoms with Gasteiger partial charge in [0.1, 0.15) is 11.3 Å². The van der Waals surface area contributed by atoms with E-state index in [0.717, 1.165) is 12.1 Å². The van der Waals surface area contributed by atoms with Gasteiger partial charge in [-0.3, -0.25) is 10.1 Å². The summed E-state index contributed by atoms with van der Waals surface area (Å²) >= 11 is 0. The summed E-state index contributed by atoms with van der Waals surface area (Å²) in [6.07, 6.45) is 8.82. The zero-order valence-corrected chi connectivity index (χ0v) is 16.9. The second-order valence-electron chi connectivity index (χ2n) is 5.80. The molecule has 0 saturated heterocycles. The number of nitrogens with zero attached hydrogens (tertiary/aromatic N) is 1. The summed E-state index contributed by atoms with van der Waals surface area (Å²) in [6, 6.07) is 3.23. The monoisotopic (exact) mass is 369 g/mol. The zero-order valence-electron chi connectivity index (χ0n) is 16.9. The van der Waals surface area contributed by atoms with Gasteiger partial charge in [-0.2, -0.15) is 0 Å². The molecule has 0 aliphatic rings. The standard InChI is InChI=1S/C10H11NO5.2C5H12/c1-2-5-16-10(13)8-4-3-7(11(14)15)6-9(8)12;2*1-3-5-4-2/h3-4,6,12H,2,5H2,1H3;2*3-5H2,1-2H3. The Bertz CT molecular complexity index is 493. The number of rotatable bonds is 8. The van der Waals surface area contributed by atoms with Crippen molar-refractivity contribution in [3.05, 3.63) is 33.9 Å². The molecule has 0 atom stereocenters. The smallest absolute Gasteiger partial charge is 0.341 e. The number of non-ortho nitro benzene ring substituents is 1. The number of unbranched alkanes of at least 4 members (excludes halogenated alkanes) is 4. The van der Waals surface area contributed by atoms with Gasteiger partial charge in [0.25, 0.3) is 5.69 Å². The molecular weight excluding hydrogens is 334 g/mol. The number of esters is 1. The van der Waals surface area contributed by atoms with Gasteiger partial charge in [0, 0.05) is 6.07 Å². The highest BCUT2D eigenvalue weighted by atomic mass is 16.6. The Labute approximate surface area is 157 Å². The predicted octanol–water partition coefficient (Wildman–Crippen LogP) is 6.26. The molecule has 6 heteroatoms. The van der Waals surface area contributed by atoms with Crippen molar-refractivity contribution in [2.75, 3.05) is 6.61 Å². The third-order valence-electron chi connectivity index (χ3n) is 3.26. The first-order chi connectivity index (χ1) is 12.4. The van der Waals surface area contributed by atoms with Crippen LogP contribution in [0, 0.1) is 10.1 Å². The van der Waals surface area contributed by atoms with E-state index >= 15 is 0 Å². The SMILES string of the molecule is CCCCC.CCCCC.CCCOC(=O)c1ccc([N+](=O)[O-])cc1O. The van der Waals surface area contributed by atoms with Crippen LogP contribution in [-0.2, 0) is 4.74 Å². The molecule has 6 nitrogen and oxygen atoms in total. The van der Waals surface area contributed by atoms with Crippen LogP contribution in [0.15, 0.2) is 18.2 Å². The van der Waals surface area contributed by atoms with Crippen molar-refractivity contribution in [1.29, 1.82) is 0 Å². The van der Waals surface area contributed by atoms with Gasteiger partial charge in [-0.1, -0.05) is 73.1 Å². The highest BCUT2D eigenvalue weighted by Crippen LogP contribution is 2.23. The molecule has 0 aliphatic carbocycles. The van der Waals surface area contributed by atoms with Gasteiger partial charge in [0.05, 0.1) is 17.6 Å². The molecule has 0 aromatic heterocycles. The summed E-state index contributed by atoms with van der Waals surface area (Å²) in [7, 11) is 0. The van der Waals surface area contributed by atoms with Crippen LogP contribution in [0.5, 0.6) is 5.75 Å². The van der Waals surface area contributed by atoms with Crippen LogP contribution in [0.3, 0.4) is 0 Å². The fourth-order valence-electron chi connectivity index (χ4n) is 1.79. The van der Waals surface area contributed by atoms with E-state index in [0.29, 0.717) is 6.42 Å². The minimum Gasteiger partial charge on any atom is -0.507 e. The molecule has 1 aromatic rings. The molecule has 0 heterocycles. The average Bonchev–Trinajstić information content (AvgIpc) is 2.62. The number of phenols is 1. The highest BCUT2D eigenvalue weighted by Gasteiger charge is 2.16. The lowest BCUT2D eigenvalue weighted by Gasteiger charge is -2.04. The average molecular weight is 370 g/mol. The minimum absolute atomic E-state index is 0.0703. The Morgan fingerprint density at radius 1 is 1.00 bits per heavy atom. The second-order valence-corrected chi connectivity index (χ2v) is 5.80. The predicted molar refractivity (Wildman–Crippen MR) is 106 cm³/mol. The van der Waals surface area contributed by atoms with E-state index < -0.39 is 16.6 Å². The fourth-order valence-corrected chi connectivity index (χ4v) is 1.79. The summed E-state index contributed by atoms with van der Waals surface area (Å²) in [5.74, 6) is -1.13. The number of carbonyl (C=O) groups excluding carboxylic acids is 1. The molecule has 0 bridgehead atoms. The van der Waals surface area contributed by atoms with Gasteiger partial charge < -0.3 is 9.84 Å². The molecule has 26 heavy (non-hydrogen) atoms. The molecule has 0 radical (unpaired) electrons. The summed E-state index contributed by atoms with van der Waals surface area (Å²) in [5.41, 5.74) is -0.344. The van der Waals surface area contributed by atoms with E-state index in [9.17, 15) is 20.0 Å². The van der Waals surface area contributed by atoms with Crippen LogP contribution in [-0.4, -0.2) is 22.6 Å². The van der Waals surface area contributed by atoms with E-state index in [1.807, 2.05) is 6.92 Å². The van der Waals surface area contributed by atoms with Crippen LogP contribution in [0.4, 0.5) is 5.69 Å². The van der Waals surface area contributed by atoms with Crippen LogP contribution >= 0.6 is 0 Å². The number of ether oxygens (including phenoxy) is 1. The van der Waals surface area contributed by atoms with E-state index in [-0.39, 0.29) is 17.9 Å². The van der Waals surface area contributed by atoms with Crippen LogP contribution in [0.25, 0.3) is 0 Å². The lowest BCUT2D eigenvalue weighted by atomic mass is 10.2. The number of nitro groups is 1. The number of hydrogen-bond acceptors (Lipinski definition) is 5. The van der Waals surface area contributed by atoms with E-state index in [1.165, 1.54) is 44.6 Å². The van der Waals surface area contributed by atoms with Gasteiger partial charge in [0.15, 0.2) is 0 Å². The van der Waals surface area contributed by atoms with E-state index in [1.54, 1.807) is 0 Å². The molecule has 0 amide bonds. The maximum absolute atomic E-state index is 11.4. The maximum atomic E-state index is 11.4. The molecule has 0 spiro atoms. The van der Waals surface area contributed by atoms with Crippen molar-refractivity contribution in [2.24, 2.45) is 0 Å². The summed E-state index contributed by atoms with van der Waals surface area (Å²) in [5, 5.41) is 19.8. The quantitative estimate of drug-likeness (QED) is 0.332. The number of phenolic OH excluding ortho intramolecular Hbond substituents is 1. The molecule has 0 saturated carbocycles. The number of benzene rings is 1. The van der Waals surface area contributed by atoms with Crippen LogP contribution in [0.1, 0.15) is 89.9 Å². The van der Waals surface area contributed by atoms with Crippen molar-refractivity contribution in [2.45, 2.75) is 79.6 Å². The van der Waals surface area contributed by atoms with Gasteiger partial charge in [-0.05, 0) is 12.5 Å². The van der Waals surface area contributed by atoms with Gasteiger partial charge >= 0.3 is 5.97 Å². The van der Waals surface area contributed by atoms with Crippen molar-refractivity contribution >= 4 is 11.7 Å². The van der Waals surface area contributed by atoms with Gasteiger partial charge in [0.2, 0.25) is 0 Å². The number of carbonyl (C=O) groups is 1. The number of nitro benzene ring substituents is 1. The van der Waals surface area contributed by atoms with Crippen LogP contribution in [0.2, 0.25) is 0 Å². The first-order valence-electron chi connectivity index (χ1n) is 9.53. The van der Waals surface area contributed by atoms with Crippen LogP contribution < -0.4 is 0 Å². The Morgan fingerprint density at radius 2 is 1.50 bits per heavy atom. The molecule has 0 unspecified atom stereocenters. The molecule has 0 fully saturated rings. The highest BCUT2D eigenvalue weighted by molar-refractivity contribution is 5.92. The lowest BCUT2D eigenvalue weighted by Crippen LogP contribution is -2.06. The summed E-state index contributed by atoms with van der Waals surface area (Å²) < 4.78 is 4.79. The van der Waals surface area contributed by atoms with E-state index in [4.69, 9.17) is 4.74 Å². The van der Waals surface area contributed by atoms with Gasteiger partial charge in [-0.15, -0.1) is 0 Å². The molecule has 1 aromatic carbocycles. The molecule has 1 N–H and O–H groups in total. The Balaban J connectivity index is 0. The third-order valence-corrected chi connectivity index (χ3v) is 3.26. The maximum Gasteiger partial charge on any atom is 0.341 e. The summed E-state index contributed by atoms with van der Waals surface area (Å²) in [4.78, 5) is 21.1. The molecular formula is C20H35NO5. The second kappa shape index (κ2) is 17.7. The Morgan fingerprint density at radius 3 is 1.81 bits per heavy atom. The fraction of sp³-hybridized carbons (Fsp3) is 0.650. The summed E-state index contributed by atoms with van der Waals surface area (Å²) in [6.45, 7) is 10.9. The Hall–Kier alpha value is -2.11. The topological polar surface area (TPSA) is 89.7 Å². The van der Waals surface area contributed by atoms with Crippen molar-refractivity contribution in [3.8, 4) is 5.75 Å². The minimum atomic E-state index is -0.686. The normalized spacial score (nSPS) is 9.27. The van der Waals surface area contributed by atoms with E-state index in [2.05, 4.69) is 27.7 Å². The first kappa shape index (κ1) is 26.1. The molecule has 150 valence electrons. The van der Waals surface area contributed by atoms with Crippen molar-refractivity contribution < 1.29 is 19.6 Å². The first-order valence-corrected chi connectivity index (χ1v) is 9.53. The number of hydrogen-bond donors (Lipinski definition) is 1. The van der Waals surface area contributed by atoms with Crippen molar-refractivity contribution in [3.63, 3.8) is 0 Å². The lowest BCUT2D eigenvalue weighted by molar-refractivity contribution is -0.384. The molecule has 1 rings (SSSR count). The Kier molecular flexibility index (Phi) is 17.8. The van der Waals surface area contributed by atoms with Gasteiger partial charge in [-0.25, -0.2) is 4.79 Å².